The van der Waals surface area contributed by atoms with Gasteiger partial charge in [0.25, 0.3) is 0 Å². The fraction of sp³-hybridized carbons (Fsp3) is 0.0577. The quantitative estimate of drug-likeness (QED) is 0.177. The van der Waals surface area contributed by atoms with E-state index in [4.69, 9.17) is 15.0 Å². The van der Waals surface area contributed by atoms with E-state index in [9.17, 15) is 0 Å². The number of anilines is 3. The summed E-state index contributed by atoms with van der Waals surface area (Å²) >= 11 is 0. The number of fused-ring (bicyclic) bond motifs is 7. The normalized spacial score (nSPS) is 13.2. The number of benzene rings is 8. The molecule has 0 N–H and O–H groups in total. The second kappa shape index (κ2) is 12.9. The molecule has 0 amide bonds. The standard InChI is InChI=1S/C52H37N5/c1-52(2)42-24-14-15-25-44(42)56(39-21-10-5-11-22-39)47-33-38(27-30-43(47)52)37-26-29-41-46(32-37)57(45-31-28-34-16-12-13-23-40(34)48(41)45)51-54-49(35-17-6-3-7-18-35)53-50(55-51)36-19-8-4-9-20-36/h3-33H,1-2H3. The van der Waals surface area contributed by atoms with Crippen LogP contribution < -0.4 is 4.90 Å². The van der Waals surface area contributed by atoms with Gasteiger partial charge in [0.2, 0.25) is 5.95 Å². The zero-order valence-corrected chi connectivity index (χ0v) is 31.6. The van der Waals surface area contributed by atoms with Crippen LogP contribution in [0, 0.1) is 0 Å². The third-order valence-electron chi connectivity index (χ3n) is 11.6. The number of hydrogen-bond donors (Lipinski definition) is 0. The molecule has 0 aliphatic carbocycles. The Hall–Kier alpha value is -7.37. The highest BCUT2D eigenvalue weighted by Gasteiger charge is 2.37. The number of hydrogen-bond acceptors (Lipinski definition) is 4. The van der Waals surface area contributed by atoms with Gasteiger partial charge in [0.1, 0.15) is 0 Å². The lowest BCUT2D eigenvalue weighted by atomic mass is 9.73. The van der Waals surface area contributed by atoms with Gasteiger partial charge in [-0.2, -0.15) is 9.97 Å². The van der Waals surface area contributed by atoms with E-state index in [-0.39, 0.29) is 5.41 Å². The van der Waals surface area contributed by atoms with Gasteiger partial charge in [-0.3, -0.25) is 4.57 Å². The fourth-order valence-electron chi connectivity index (χ4n) is 8.83. The van der Waals surface area contributed by atoms with Crippen LogP contribution in [-0.4, -0.2) is 19.5 Å². The maximum Gasteiger partial charge on any atom is 0.238 e. The van der Waals surface area contributed by atoms with Gasteiger partial charge in [-0.25, -0.2) is 4.98 Å². The first kappa shape index (κ1) is 33.0. The highest BCUT2D eigenvalue weighted by molar-refractivity contribution is 6.21. The average molecular weight is 732 g/mol. The zero-order chi connectivity index (χ0) is 38.1. The Morgan fingerprint density at radius 3 is 1.75 bits per heavy atom. The number of rotatable bonds is 5. The summed E-state index contributed by atoms with van der Waals surface area (Å²) in [5.41, 5.74) is 12.2. The van der Waals surface area contributed by atoms with E-state index in [0.717, 1.165) is 44.4 Å². The van der Waals surface area contributed by atoms with Gasteiger partial charge < -0.3 is 4.90 Å². The molecule has 10 aromatic rings. The van der Waals surface area contributed by atoms with E-state index in [0.29, 0.717) is 17.6 Å². The third kappa shape index (κ3) is 5.27. The molecule has 3 heterocycles. The van der Waals surface area contributed by atoms with Crippen LogP contribution in [0.1, 0.15) is 25.0 Å². The van der Waals surface area contributed by atoms with Crippen molar-refractivity contribution < 1.29 is 0 Å². The Balaban J connectivity index is 1.17. The molecule has 0 fully saturated rings. The van der Waals surface area contributed by atoms with Gasteiger partial charge in [-0.05, 0) is 69.4 Å². The van der Waals surface area contributed by atoms with E-state index >= 15 is 0 Å². The van der Waals surface area contributed by atoms with E-state index in [1.54, 1.807) is 0 Å². The van der Waals surface area contributed by atoms with Crippen LogP contribution in [0.2, 0.25) is 0 Å². The minimum atomic E-state index is -0.182. The molecular weight excluding hydrogens is 695 g/mol. The topological polar surface area (TPSA) is 46.8 Å². The fourth-order valence-corrected chi connectivity index (χ4v) is 8.83. The molecule has 57 heavy (non-hydrogen) atoms. The second-order valence-corrected chi connectivity index (χ2v) is 15.3. The first-order valence-corrected chi connectivity index (χ1v) is 19.5. The molecule has 0 atom stereocenters. The van der Waals surface area contributed by atoms with Crippen LogP contribution in [0.4, 0.5) is 17.1 Å². The second-order valence-electron chi connectivity index (χ2n) is 15.3. The molecule has 11 rings (SSSR count). The molecule has 1 aliphatic heterocycles. The molecule has 0 saturated heterocycles. The van der Waals surface area contributed by atoms with Crippen molar-refractivity contribution >= 4 is 49.6 Å². The molecule has 270 valence electrons. The van der Waals surface area contributed by atoms with Gasteiger partial charge >= 0.3 is 0 Å². The van der Waals surface area contributed by atoms with E-state index in [1.165, 1.54) is 38.7 Å². The SMILES string of the molecule is CC1(C)c2ccccc2N(c2ccccc2)c2cc(-c3ccc4c5c6ccccc6ccc5n(-c5nc(-c6ccccc6)nc(-c6ccccc6)n5)c4c3)ccc21. The Bertz CT molecular complexity index is 3090. The zero-order valence-electron chi connectivity index (χ0n) is 31.6. The Morgan fingerprint density at radius 1 is 0.421 bits per heavy atom. The van der Waals surface area contributed by atoms with Crippen LogP contribution in [0.25, 0.3) is 72.4 Å². The molecule has 5 nitrogen and oxygen atoms in total. The van der Waals surface area contributed by atoms with Crippen LogP contribution in [0.3, 0.4) is 0 Å². The summed E-state index contributed by atoms with van der Waals surface area (Å²) in [5.74, 6) is 1.84. The van der Waals surface area contributed by atoms with Crippen LogP contribution in [0.5, 0.6) is 0 Å². The predicted octanol–water partition coefficient (Wildman–Crippen LogP) is 13.2. The minimum Gasteiger partial charge on any atom is -0.310 e. The Labute approximate surface area is 331 Å². The molecule has 0 unspecified atom stereocenters. The van der Waals surface area contributed by atoms with E-state index in [1.807, 2.05) is 36.4 Å². The molecule has 0 bridgehead atoms. The van der Waals surface area contributed by atoms with Gasteiger partial charge in [-0.15, -0.1) is 0 Å². The molecule has 2 aromatic heterocycles. The lowest BCUT2D eigenvalue weighted by molar-refractivity contribution is 0.632. The summed E-state index contributed by atoms with van der Waals surface area (Å²) in [7, 11) is 0. The molecular formula is C52H37N5. The smallest absolute Gasteiger partial charge is 0.238 e. The number of nitrogens with zero attached hydrogens (tertiary/aromatic N) is 5. The summed E-state index contributed by atoms with van der Waals surface area (Å²) < 4.78 is 2.23. The lowest BCUT2D eigenvalue weighted by Gasteiger charge is -2.42. The van der Waals surface area contributed by atoms with Crippen LogP contribution in [0.15, 0.2) is 188 Å². The van der Waals surface area contributed by atoms with Gasteiger partial charge in [-0.1, -0.05) is 166 Å². The third-order valence-corrected chi connectivity index (χ3v) is 11.6. The van der Waals surface area contributed by atoms with Crippen molar-refractivity contribution in [2.24, 2.45) is 0 Å². The largest absolute Gasteiger partial charge is 0.310 e. The predicted molar refractivity (Wildman–Crippen MR) is 235 cm³/mol. The average Bonchev–Trinajstić information content (AvgIpc) is 3.61. The maximum atomic E-state index is 5.23. The molecule has 8 aromatic carbocycles. The van der Waals surface area contributed by atoms with Crippen molar-refractivity contribution in [3.8, 4) is 39.9 Å². The summed E-state index contributed by atoms with van der Waals surface area (Å²) in [5, 5.41) is 4.71. The Kier molecular flexibility index (Phi) is 7.45. The monoisotopic (exact) mass is 731 g/mol. The number of para-hydroxylation sites is 2. The molecule has 0 saturated carbocycles. The summed E-state index contributed by atoms with van der Waals surface area (Å²) in [4.78, 5) is 17.9. The Morgan fingerprint density at radius 2 is 1.02 bits per heavy atom. The van der Waals surface area contributed by atoms with Crippen LogP contribution >= 0.6 is 0 Å². The van der Waals surface area contributed by atoms with Crippen molar-refractivity contribution in [1.82, 2.24) is 19.5 Å². The van der Waals surface area contributed by atoms with E-state index in [2.05, 4.69) is 175 Å². The van der Waals surface area contributed by atoms with Crippen molar-refractivity contribution in [2.45, 2.75) is 19.3 Å². The first-order valence-electron chi connectivity index (χ1n) is 19.5. The van der Waals surface area contributed by atoms with Crippen LogP contribution in [-0.2, 0) is 5.41 Å². The highest BCUT2D eigenvalue weighted by atomic mass is 15.2. The molecule has 0 spiro atoms. The maximum absolute atomic E-state index is 5.23. The number of aromatic nitrogens is 4. The van der Waals surface area contributed by atoms with Gasteiger partial charge in [0.15, 0.2) is 11.6 Å². The first-order chi connectivity index (χ1) is 28.0. The van der Waals surface area contributed by atoms with Crippen molar-refractivity contribution in [3.63, 3.8) is 0 Å². The van der Waals surface area contributed by atoms with Crippen molar-refractivity contribution in [1.29, 1.82) is 0 Å². The molecule has 1 aliphatic rings. The minimum absolute atomic E-state index is 0.182. The highest BCUT2D eigenvalue weighted by Crippen LogP contribution is 2.52. The summed E-state index contributed by atoms with van der Waals surface area (Å²) in [6.45, 7) is 4.67. The van der Waals surface area contributed by atoms with Gasteiger partial charge in [0.05, 0.1) is 22.4 Å². The van der Waals surface area contributed by atoms with Crippen molar-refractivity contribution in [3.05, 3.63) is 199 Å². The summed E-state index contributed by atoms with van der Waals surface area (Å²) in [6.07, 6.45) is 0. The molecule has 5 heteroatoms. The lowest BCUT2D eigenvalue weighted by Crippen LogP contribution is -2.30. The molecule has 0 radical (unpaired) electrons. The van der Waals surface area contributed by atoms with E-state index < -0.39 is 0 Å². The summed E-state index contributed by atoms with van der Waals surface area (Å²) in [6, 6.07) is 66.7. The van der Waals surface area contributed by atoms with Gasteiger partial charge in [0, 0.05) is 33.0 Å². The van der Waals surface area contributed by atoms with Crippen molar-refractivity contribution in [2.75, 3.05) is 4.90 Å².